The van der Waals surface area contributed by atoms with Crippen LogP contribution in [0.5, 0.6) is 0 Å². The molecule has 11 heavy (non-hydrogen) atoms. The largest absolute Gasteiger partial charge is 0.463 e. The highest BCUT2D eigenvalue weighted by Gasteiger charge is 2.16. The molecule has 1 heterocycles. The fourth-order valence-electron chi connectivity index (χ4n) is 0.573. The molecular weight excluding hydrogens is 235 g/mol. The molecule has 0 saturated heterocycles. The molecular formula is C6H4BrClO3. The molecule has 0 aliphatic rings. The van der Waals surface area contributed by atoms with Gasteiger partial charge in [-0.25, -0.2) is 4.79 Å². The minimum Gasteiger partial charge on any atom is -0.463 e. The predicted octanol–water partition coefficient (Wildman–Crippen LogP) is 2.48. The zero-order valence-corrected chi connectivity index (χ0v) is 7.90. The summed E-state index contributed by atoms with van der Waals surface area (Å²) in [4.78, 5) is 10.8. The summed E-state index contributed by atoms with van der Waals surface area (Å²) in [6, 6.07) is 1.48. The number of carbonyl (C=O) groups excluding carboxylic acids is 1. The number of halogens is 2. The number of hydrogen-bond acceptors (Lipinski definition) is 3. The van der Waals surface area contributed by atoms with Gasteiger partial charge in [0, 0.05) is 6.07 Å². The first kappa shape index (κ1) is 8.62. The second-order valence-electron chi connectivity index (χ2n) is 1.72. The van der Waals surface area contributed by atoms with E-state index in [0.717, 1.165) is 0 Å². The number of hydrogen-bond donors (Lipinski definition) is 0. The van der Waals surface area contributed by atoms with E-state index in [1.54, 1.807) is 0 Å². The smallest absolute Gasteiger partial charge is 0.375 e. The van der Waals surface area contributed by atoms with E-state index in [1.165, 1.54) is 13.2 Å². The molecule has 0 spiro atoms. The second kappa shape index (κ2) is 3.28. The van der Waals surface area contributed by atoms with Crippen molar-refractivity contribution in [2.45, 2.75) is 0 Å². The van der Waals surface area contributed by atoms with Gasteiger partial charge in [0.15, 0.2) is 4.67 Å². The van der Waals surface area contributed by atoms with E-state index in [1.807, 2.05) is 0 Å². The van der Waals surface area contributed by atoms with E-state index < -0.39 is 5.97 Å². The van der Waals surface area contributed by atoms with Crippen molar-refractivity contribution < 1.29 is 13.9 Å². The molecule has 0 aromatic carbocycles. The summed E-state index contributed by atoms with van der Waals surface area (Å²) in [5, 5.41) is 0.240. The molecule has 0 unspecified atom stereocenters. The molecule has 0 aliphatic heterocycles. The van der Waals surface area contributed by atoms with E-state index in [4.69, 9.17) is 16.0 Å². The molecule has 0 N–H and O–H groups in total. The molecule has 0 fully saturated rings. The van der Waals surface area contributed by atoms with Gasteiger partial charge in [0.1, 0.15) is 0 Å². The van der Waals surface area contributed by atoms with Gasteiger partial charge in [-0.15, -0.1) is 0 Å². The van der Waals surface area contributed by atoms with Gasteiger partial charge in [-0.2, -0.15) is 0 Å². The number of furan rings is 1. The summed E-state index contributed by atoms with van der Waals surface area (Å²) in [6.45, 7) is 0. The van der Waals surface area contributed by atoms with Crippen molar-refractivity contribution in [3.05, 3.63) is 21.5 Å². The Balaban J connectivity index is 3.03. The van der Waals surface area contributed by atoms with E-state index in [-0.39, 0.29) is 10.8 Å². The molecule has 60 valence electrons. The van der Waals surface area contributed by atoms with Crippen LogP contribution in [-0.2, 0) is 4.74 Å². The first-order valence-electron chi connectivity index (χ1n) is 2.68. The van der Waals surface area contributed by atoms with E-state index in [2.05, 4.69) is 20.7 Å². The van der Waals surface area contributed by atoms with Gasteiger partial charge in [0.05, 0.1) is 12.1 Å². The molecule has 0 saturated carbocycles. The normalized spacial score (nSPS) is 9.73. The molecule has 0 aliphatic carbocycles. The Morgan fingerprint density at radius 1 is 1.82 bits per heavy atom. The van der Waals surface area contributed by atoms with E-state index in [0.29, 0.717) is 4.67 Å². The Kier molecular flexibility index (Phi) is 2.57. The maximum Gasteiger partial charge on any atom is 0.375 e. The fourth-order valence-corrected chi connectivity index (χ4v) is 1.31. The Morgan fingerprint density at radius 2 is 2.45 bits per heavy atom. The first-order valence-corrected chi connectivity index (χ1v) is 3.85. The van der Waals surface area contributed by atoms with Crippen LogP contribution < -0.4 is 0 Å². The molecule has 1 aromatic heterocycles. The van der Waals surface area contributed by atoms with Gasteiger partial charge in [0.2, 0.25) is 5.76 Å². The highest BCUT2D eigenvalue weighted by Crippen LogP contribution is 2.24. The third-order valence-corrected chi connectivity index (χ3v) is 1.70. The molecule has 3 nitrogen and oxygen atoms in total. The number of carbonyl (C=O) groups is 1. The lowest BCUT2D eigenvalue weighted by Gasteiger charge is -1.92. The van der Waals surface area contributed by atoms with Crippen molar-refractivity contribution in [2.75, 3.05) is 7.11 Å². The summed E-state index contributed by atoms with van der Waals surface area (Å²) >= 11 is 8.62. The van der Waals surface area contributed by atoms with Crippen LogP contribution in [0.1, 0.15) is 10.6 Å². The molecule has 1 rings (SSSR count). The minimum absolute atomic E-state index is 0.0149. The zero-order valence-electron chi connectivity index (χ0n) is 5.56. The Morgan fingerprint density at radius 3 is 2.82 bits per heavy atom. The van der Waals surface area contributed by atoms with Crippen molar-refractivity contribution in [1.29, 1.82) is 0 Å². The second-order valence-corrected chi connectivity index (χ2v) is 2.91. The van der Waals surface area contributed by atoms with Crippen LogP contribution in [0.25, 0.3) is 0 Å². The van der Waals surface area contributed by atoms with Crippen molar-refractivity contribution >= 4 is 33.5 Å². The summed E-state index contributed by atoms with van der Waals surface area (Å²) in [5.41, 5.74) is 0. The summed E-state index contributed by atoms with van der Waals surface area (Å²) in [7, 11) is 1.26. The van der Waals surface area contributed by atoms with Crippen LogP contribution >= 0.6 is 27.5 Å². The predicted molar refractivity (Wildman–Crippen MR) is 42.8 cm³/mol. The van der Waals surface area contributed by atoms with Crippen molar-refractivity contribution in [2.24, 2.45) is 0 Å². The average Bonchev–Trinajstić information content (AvgIpc) is 2.28. The van der Waals surface area contributed by atoms with Crippen LogP contribution in [-0.4, -0.2) is 13.1 Å². The third-order valence-electron chi connectivity index (χ3n) is 1.03. The average molecular weight is 239 g/mol. The van der Waals surface area contributed by atoms with Crippen LogP contribution in [0, 0.1) is 0 Å². The SMILES string of the molecule is COC(=O)c1oc(Br)cc1Cl. The lowest BCUT2D eigenvalue weighted by atomic mass is 10.4. The summed E-state index contributed by atoms with van der Waals surface area (Å²) in [6.07, 6.45) is 0. The van der Waals surface area contributed by atoms with Crippen molar-refractivity contribution in [1.82, 2.24) is 0 Å². The molecule has 0 atom stereocenters. The number of ether oxygens (including phenoxy) is 1. The van der Waals surface area contributed by atoms with Gasteiger partial charge in [-0.05, 0) is 15.9 Å². The van der Waals surface area contributed by atoms with Crippen LogP contribution in [0.3, 0.4) is 0 Å². The van der Waals surface area contributed by atoms with Gasteiger partial charge in [0.25, 0.3) is 0 Å². The van der Waals surface area contributed by atoms with E-state index in [9.17, 15) is 4.79 Å². The number of rotatable bonds is 1. The summed E-state index contributed by atoms with van der Waals surface area (Å²) in [5.74, 6) is -0.568. The Bertz CT molecular complexity index is 281. The fraction of sp³-hybridized carbons (Fsp3) is 0.167. The van der Waals surface area contributed by atoms with Gasteiger partial charge in [-0.1, -0.05) is 11.6 Å². The highest BCUT2D eigenvalue weighted by molar-refractivity contribution is 9.10. The standard InChI is InChI=1S/C6H4BrClO3/c1-10-6(9)5-3(8)2-4(7)11-5/h2H,1H3. The first-order chi connectivity index (χ1) is 5.15. The highest BCUT2D eigenvalue weighted by atomic mass is 79.9. The minimum atomic E-state index is -0.583. The van der Waals surface area contributed by atoms with Crippen LogP contribution in [0.2, 0.25) is 5.02 Å². The Labute approximate surface area is 76.4 Å². The van der Waals surface area contributed by atoms with Gasteiger partial charge < -0.3 is 9.15 Å². The monoisotopic (exact) mass is 238 g/mol. The molecule has 5 heteroatoms. The molecule has 0 radical (unpaired) electrons. The summed E-state index contributed by atoms with van der Waals surface area (Å²) < 4.78 is 9.68. The zero-order chi connectivity index (χ0) is 8.43. The van der Waals surface area contributed by atoms with E-state index >= 15 is 0 Å². The lowest BCUT2D eigenvalue weighted by molar-refractivity contribution is 0.0564. The molecule has 1 aromatic rings. The van der Waals surface area contributed by atoms with Crippen molar-refractivity contribution in [3.63, 3.8) is 0 Å². The Hall–Kier alpha value is -0.480. The van der Waals surface area contributed by atoms with Crippen LogP contribution in [0.15, 0.2) is 15.2 Å². The van der Waals surface area contributed by atoms with Crippen molar-refractivity contribution in [3.8, 4) is 0 Å². The maximum absolute atomic E-state index is 10.8. The number of esters is 1. The molecule has 0 bridgehead atoms. The lowest BCUT2D eigenvalue weighted by Crippen LogP contribution is -1.99. The third kappa shape index (κ3) is 1.75. The number of methoxy groups -OCH3 is 1. The topological polar surface area (TPSA) is 39.4 Å². The molecule has 0 amide bonds. The van der Waals surface area contributed by atoms with Gasteiger partial charge >= 0.3 is 5.97 Å². The van der Waals surface area contributed by atoms with Gasteiger partial charge in [-0.3, -0.25) is 0 Å². The quantitative estimate of drug-likeness (QED) is 0.707. The maximum atomic E-state index is 10.8. The van der Waals surface area contributed by atoms with Crippen LogP contribution in [0.4, 0.5) is 0 Å².